The lowest BCUT2D eigenvalue weighted by Crippen LogP contribution is -2.56. The van der Waals surface area contributed by atoms with Gasteiger partial charge in [-0.2, -0.15) is 5.10 Å². The van der Waals surface area contributed by atoms with Crippen LogP contribution in [0.3, 0.4) is 0 Å². The normalized spacial score (nSPS) is 25.1. The van der Waals surface area contributed by atoms with E-state index in [0.29, 0.717) is 18.4 Å². The number of piperidine rings is 1. The van der Waals surface area contributed by atoms with Crippen LogP contribution in [-0.4, -0.2) is 94.5 Å². The van der Waals surface area contributed by atoms with Gasteiger partial charge in [0.2, 0.25) is 5.91 Å². The van der Waals surface area contributed by atoms with Gasteiger partial charge < -0.3 is 14.9 Å². The molecule has 2 aliphatic heterocycles. The molecule has 0 radical (unpaired) electrons. The highest BCUT2D eigenvalue weighted by Gasteiger charge is 2.35. The third kappa shape index (κ3) is 5.53. The van der Waals surface area contributed by atoms with Gasteiger partial charge in [-0.3, -0.25) is 14.4 Å². The molecule has 1 amide bonds. The number of likely N-dealkylation sites (tertiary alicyclic amines) is 1. The molecular weight excluding hydrogens is 342 g/mol. The van der Waals surface area contributed by atoms with Gasteiger partial charge in [0.15, 0.2) is 0 Å². The van der Waals surface area contributed by atoms with Crippen LogP contribution in [0, 0.1) is 5.92 Å². The molecule has 0 unspecified atom stereocenters. The maximum atomic E-state index is 12.8. The monoisotopic (exact) mass is 377 g/mol. The lowest BCUT2D eigenvalue weighted by Gasteiger charge is -2.46. The number of aliphatic hydroxyl groups excluding tert-OH is 1. The van der Waals surface area contributed by atoms with Gasteiger partial charge in [0, 0.05) is 71.6 Å². The molecule has 2 aliphatic rings. The van der Waals surface area contributed by atoms with Crippen LogP contribution in [0.15, 0.2) is 12.4 Å². The van der Waals surface area contributed by atoms with Gasteiger partial charge >= 0.3 is 0 Å². The van der Waals surface area contributed by atoms with E-state index in [9.17, 15) is 9.90 Å². The Kier molecular flexibility index (Phi) is 7.26. The van der Waals surface area contributed by atoms with Gasteiger partial charge in [0.25, 0.3) is 0 Å². The van der Waals surface area contributed by atoms with Crippen LogP contribution in [0.4, 0.5) is 0 Å². The van der Waals surface area contributed by atoms with Crippen molar-refractivity contribution in [3.8, 4) is 0 Å². The lowest BCUT2D eigenvalue weighted by atomic mass is 9.86. The van der Waals surface area contributed by atoms with Crippen LogP contribution < -0.4 is 0 Å². The largest absolute Gasteiger partial charge is 0.396 e. The molecule has 0 spiro atoms. The van der Waals surface area contributed by atoms with Crippen molar-refractivity contribution in [2.75, 3.05) is 52.9 Å². The zero-order valence-electron chi connectivity index (χ0n) is 16.9. The van der Waals surface area contributed by atoms with Crippen LogP contribution in [0.25, 0.3) is 0 Å². The summed E-state index contributed by atoms with van der Waals surface area (Å²) in [7, 11) is 4.09. The van der Waals surface area contributed by atoms with E-state index in [4.69, 9.17) is 0 Å². The third-order valence-corrected chi connectivity index (χ3v) is 6.17. The maximum absolute atomic E-state index is 12.8. The van der Waals surface area contributed by atoms with E-state index in [-0.39, 0.29) is 12.5 Å². The van der Waals surface area contributed by atoms with Crippen molar-refractivity contribution in [2.45, 2.75) is 38.1 Å². The highest BCUT2D eigenvalue weighted by molar-refractivity contribution is 5.76. The summed E-state index contributed by atoms with van der Waals surface area (Å²) in [5.41, 5.74) is 1.12. The van der Waals surface area contributed by atoms with Crippen LogP contribution in [0.5, 0.6) is 0 Å². The first-order valence-corrected chi connectivity index (χ1v) is 10.4. The highest BCUT2D eigenvalue weighted by Crippen LogP contribution is 2.27. The molecule has 0 bridgehead atoms. The number of hydrogen-bond donors (Lipinski definition) is 1. The molecule has 27 heavy (non-hydrogen) atoms. The van der Waals surface area contributed by atoms with Crippen molar-refractivity contribution in [3.63, 3.8) is 0 Å². The van der Waals surface area contributed by atoms with Gasteiger partial charge in [-0.05, 0) is 44.2 Å². The summed E-state index contributed by atoms with van der Waals surface area (Å²) in [5.74, 6) is 0.723. The van der Waals surface area contributed by atoms with Crippen molar-refractivity contribution in [2.24, 2.45) is 13.0 Å². The molecule has 2 saturated heterocycles. The second-order valence-corrected chi connectivity index (χ2v) is 8.18. The Labute approximate surface area is 162 Å². The van der Waals surface area contributed by atoms with Crippen LogP contribution in [-0.2, 0) is 18.3 Å². The first-order chi connectivity index (χ1) is 13.1. The first kappa shape index (κ1) is 20.3. The molecule has 3 rings (SSSR count). The summed E-state index contributed by atoms with van der Waals surface area (Å²) in [6.07, 6.45) is 8.02. The van der Waals surface area contributed by atoms with E-state index in [1.807, 2.05) is 19.4 Å². The number of aliphatic hydroxyl groups is 1. The zero-order chi connectivity index (χ0) is 19.2. The summed E-state index contributed by atoms with van der Waals surface area (Å²) in [4.78, 5) is 19.8. The zero-order valence-corrected chi connectivity index (χ0v) is 16.9. The fourth-order valence-electron chi connectivity index (χ4n) is 4.53. The van der Waals surface area contributed by atoms with Crippen molar-refractivity contribution >= 4 is 5.91 Å². The minimum absolute atomic E-state index is 0.237. The lowest BCUT2D eigenvalue weighted by molar-refractivity contribution is -0.134. The summed E-state index contributed by atoms with van der Waals surface area (Å²) in [6.45, 7) is 6.41. The van der Waals surface area contributed by atoms with Gasteiger partial charge in [-0.25, -0.2) is 0 Å². The quantitative estimate of drug-likeness (QED) is 0.753. The Balaban J connectivity index is 1.55. The second-order valence-electron chi connectivity index (χ2n) is 8.18. The molecule has 3 heterocycles. The number of carbonyl (C=O) groups is 1. The Morgan fingerprint density at radius 3 is 2.67 bits per heavy atom. The smallest absolute Gasteiger partial charge is 0.222 e. The fraction of sp³-hybridized carbons (Fsp3) is 0.800. The van der Waals surface area contributed by atoms with E-state index >= 15 is 0 Å². The number of nitrogens with zero attached hydrogens (tertiary/aromatic N) is 5. The molecule has 0 aliphatic carbocycles. The van der Waals surface area contributed by atoms with E-state index in [1.165, 1.54) is 0 Å². The van der Waals surface area contributed by atoms with Gasteiger partial charge in [-0.1, -0.05) is 0 Å². The average molecular weight is 378 g/mol. The summed E-state index contributed by atoms with van der Waals surface area (Å²) in [6, 6.07) is 0.549. The Hall–Kier alpha value is -1.44. The van der Waals surface area contributed by atoms with Gasteiger partial charge in [-0.15, -0.1) is 0 Å². The van der Waals surface area contributed by atoms with E-state index in [1.54, 1.807) is 4.68 Å². The first-order valence-electron chi connectivity index (χ1n) is 10.4. The predicted octanol–water partition coefficient (Wildman–Crippen LogP) is 0.590. The molecule has 7 nitrogen and oxygen atoms in total. The number of aromatic nitrogens is 2. The average Bonchev–Trinajstić information content (AvgIpc) is 3.10. The Bertz CT molecular complexity index is 597. The molecule has 1 aromatic heterocycles. The number of carbonyl (C=O) groups excluding carboxylic acids is 1. The number of aryl methyl sites for hydroxylation is 2. The summed E-state index contributed by atoms with van der Waals surface area (Å²) >= 11 is 0. The van der Waals surface area contributed by atoms with Crippen LogP contribution >= 0.6 is 0 Å². The number of hydrogen-bond acceptors (Lipinski definition) is 5. The molecule has 1 N–H and O–H groups in total. The maximum Gasteiger partial charge on any atom is 0.222 e. The van der Waals surface area contributed by atoms with Crippen LogP contribution in [0.1, 0.15) is 31.2 Å². The summed E-state index contributed by atoms with van der Waals surface area (Å²) < 4.78 is 1.78. The molecule has 2 fully saturated rings. The minimum atomic E-state index is 0.237. The Morgan fingerprint density at radius 2 is 2.00 bits per heavy atom. The van der Waals surface area contributed by atoms with Gasteiger partial charge in [0.1, 0.15) is 0 Å². The highest BCUT2D eigenvalue weighted by atomic mass is 16.3. The van der Waals surface area contributed by atoms with Crippen molar-refractivity contribution in [3.05, 3.63) is 18.0 Å². The molecule has 152 valence electrons. The van der Waals surface area contributed by atoms with Gasteiger partial charge in [0.05, 0.1) is 6.20 Å². The second kappa shape index (κ2) is 9.66. The Morgan fingerprint density at radius 1 is 1.22 bits per heavy atom. The number of amides is 1. The summed E-state index contributed by atoms with van der Waals surface area (Å²) in [5, 5.41) is 13.5. The fourth-order valence-corrected chi connectivity index (χ4v) is 4.53. The standard InChI is InChI=1S/C20H35N5O2/c1-22-9-11-24(12-10-22)19-7-8-25(16-18(19)4-3-13-26)20(27)6-5-17-14-21-23(2)15-17/h14-15,18-19,26H,3-13,16H2,1-2H3/t18-,19+/m0/s1. The number of likely N-dealkylation sites (N-methyl/N-ethyl adjacent to an activating group) is 1. The third-order valence-electron chi connectivity index (χ3n) is 6.17. The van der Waals surface area contributed by atoms with E-state index in [2.05, 4.69) is 26.8 Å². The van der Waals surface area contributed by atoms with Crippen LogP contribution in [0.2, 0.25) is 0 Å². The van der Waals surface area contributed by atoms with E-state index < -0.39 is 0 Å². The molecular formula is C20H35N5O2. The van der Waals surface area contributed by atoms with Crippen molar-refractivity contribution in [1.29, 1.82) is 0 Å². The van der Waals surface area contributed by atoms with E-state index in [0.717, 1.165) is 70.5 Å². The predicted molar refractivity (Wildman–Crippen MR) is 105 cm³/mol. The van der Waals surface area contributed by atoms with Crippen molar-refractivity contribution < 1.29 is 9.90 Å². The molecule has 0 aromatic carbocycles. The SMILES string of the molecule is CN1CCN([C@@H]2CCN(C(=O)CCc3cnn(C)c3)C[C@@H]2CCCO)CC1. The topological polar surface area (TPSA) is 64.8 Å². The number of rotatable bonds is 7. The van der Waals surface area contributed by atoms with Crippen molar-refractivity contribution in [1.82, 2.24) is 24.5 Å². The minimum Gasteiger partial charge on any atom is -0.396 e. The number of piperazine rings is 1. The molecule has 1 aromatic rings. The molecule has 2 atom stereocenters. The molecule has 7 heteroatoms. The molecule has 0 saturated carbocycles.